The number of carbonyl (C=O) groups excluding carboxylic acids is 4. The summed E-state index contributed by atoms with van der Waals surface area (Å²) in [6.45, 7) is 20.8. The average molecular weight is 1020 g/mol. The number of amides is 2. The van der Waals surface area contributed by atoms with Crippen molar-refractivity contribution < 1.29 is 38.1 Å². The Balaban J connectivity index is 5.59. The lowest BCUT2D eigenvalue weighted by Gasteiger charge is -2.32. The Kier molecular flexibility index (Phi) is 51.0. The second-order valence-electron chi connectivity index (χ2n) is 20.2. The van der Waals surface area contributed by atoms with Crippen molar-refractivity contribution in [2.45, 2.75) is 279 Å². The third-order valence-electron chi connectivity index (χ3n) is 13.7. The van der Waals surface area contributed by atoms with E-state index in [1.165, 1.54) is 57.8 Å². The minimum atomic E-state index is -0.590. The Labute approximate surface area is 443 Å². The van der Waals surface area contributed by atoms with Gasteiger partial charge in [-0.1, -0.05) is 163 Å². The highest BCUT2D eigenvalue weighted by Crippen LogP contribution is 2.20. The molecule has 0 spiro atoms. The van der Waals surface area contributed by atoms with Crippen molar-refractivity contribution in [3.8, 4) is 0 Å². The number of unbranched alkanes of at least 4 members (excludes halogenated alkanes) is 17. The molecule has 0 aromatic carbocycles. The summed E-state index contributed by atoms with van der Waals surface area (Å²) >= 11 is 0. The highest BCUT2D eigenvalue weighted by molar-refractivity contribution is 5.87. The van der Waals surface area contributed by atoms with E-state index in [-0.39, 0.29) is 36.8 Å². The molecular weight excluding hydrogens is 903 g/mol. The van der Waals surface area contributed by atoms with E-state index in [9.17, 15) is 19.2 Å². The Morgan fingerprint density at radius 2 is 1.03 bits per heavy atom. The topological polar surface area (TPSA) is 124 Å². The summed E-state index contributed by atoms with van der Waals surface area (Å²) in [5.74, 6) is -0.0566. The molecule has 0 saturated carbocycles. The third kappa shape index (κ3) is 42.6. The van der Waals surface area contributed by atoms with Crippen LogP contribution in [0.3, 0.4) is 0 Å². The van der Waals surface area contributed by atoms with Gasteiger partial charge in [0.2, 0.25) is 11.8 Å². The average Bonchev–Trinajstić information content (AvgIpc) is 3.38. The first-order valence-corrected chi connectivity index (χ1v) is 30.3. The fourth-order valence-corrected chi connectivity index (χ4v) is 9.00. The van der Waals surface area contributed by atoms with Crippen molar-refractivity contribution in [1.82, 2.24) is 15.1 Å². The Morgan fingerprint density at radius 3 is 1.64 bits per heavy atom. The molecule has 72 heavy (non-hydrogen) atoms. The molecule has 2 amide bonds. The molecule has 1 N–H and O–H groups in total. The van der Waals surface area contributed by atoms with Crippen LogP contribution in [0.15, 0.2) is 24.3 Å². The molecule has 0 saturated heterocycles. The SMILES string of the molecule is CC/C=C\CCCCOC(CCC(=O)OCCCN(C(=O)CCCCCCCC(=O)OCC(CCCC)CCCCCC)C(CCCN(CC)CC)C(=O)NCCCCCCCC)OCCCC/C=C\CC. The van der Waals surface area contributed by atoms with E-state index in [2.05, 4.69) is 83.0 Å². The van der Waals surface area contributed by atoms with E-state index in [4.69, 9.17) is 18.9 Å². The van der Waals surface area contributed by atoms with E-state index in [1.54, 1.807) is 4.90 Å². The van der Waals surface area contributed by atoms with Gasteiger partial charge in [0.05, 0.1) is 19.6 Å². The molecule has 0 aliphatic rings. The van der Waals surface area contributed by atoms with E-state index >= 15 is 0 Å². The lowest BCUT2D eigenvalue weighted by atomic mass is 9.96. The molecule has 0 aliphatic heterocycles. The molecule has 422 valence electrons. The minimum absolute atomic E-state index is 0.0281. The molecule has 11 nitrogen and oxygen atoms in total. The van der Waals surface area contributed by atoms with Gasteiger partial charge in [-0.05, 0) is 128 Å². The van der Waals surface area contributed by atoms with Crippen LogP contribution in [-0.4, -0.2) is 105 Å². The molecule has 2 unspecified atom stereocenters. The summed E-state index contributed by atoms with van der Waals surface area (Å²) in [5, 5.41) is 3.21. The summed E-state index contributed by atoms with van der Waals surface area (Å²) in [7, 11) is 0. The lowest BCUT2D eigenvalue weighted by molar-refractivity contribution is -0.159. The second kappa shape index (κ2) is 53.1. The first-order chi connectivity index (χ1) is 35.2. The number of esters is 2. The van der Waals surface area contributed by atoms with Gasteiger partial charge in [0.15, 0.2) is 6.29 Å². The summed E-state index contributed by atoms with van der Waals surface area (Å²) in [4.78, 5) is 58.2. The normalized spacial score (nSPS) is 12.6. The second-order valence-corrected chi connectivity index (χ2v) is 20.2. The quantitative estimate of drug-likeness (QED) is 0.0274. The van der Waals surface area contributed by atoms with E-state index in [0.29, 0.717) is 77.4 Å². The molecular formula is C61H115N3O8. The van der Waals surface area contributed by atoms with Gasteiger partial charge in [0.25, 0.3) is 0 Å². The number of allylic oxidation sites excluding steroid dienone is 4. The highest BCUT2D eigenvalue weighted by Gasteiger charge is 2.29. The Morgan fingerprint density at radius 1 is 0.472 bits per heavy atom. The molecule has 2 atom stereocenters. The van der Waals surface area contributed by atoms with Gasteiger partial charge >= 0.3 is 11.9 Å². The van der Waals surface area contributed by atoms with Crippen molar-refractivity contribution >= 4 is 23.8 Å². The third-order valence-corrected chi connectivity index (χ3v) is 13.7. The summed E-state index contributed by atoms with van der Waals surface area (Å²) in [5.41, 5.74) is 0. The maximum absolute atomic E-state index is 14.2. The fourth-order valence-electron chi connectivity index (χ4n) is 9.00. The van der Waals surface area contributed by atoms with Crippen LogP contribution in [0.1, 0.15) is 267 Å². The summed E-state index contributed by atoms with van der Waals surface area (Å²) in [6, 6.07) is -0.590. The molecule has 0 aliphatic carbocycles. The van der Waals surface area contributed by atoms with Crippen molar-refractivity contribution in [2.24, 2.45) is 5.92 Å². The zero-order chi connectivity index (χ0) is 53.0. The molecule has 11 heteroatoms. The van der Waals surface area contributed by atoms with Gasteiger partial charge in [-0.15, -0.1) is 0 Å². The van der Waals surface area contributed by atoms with E-state index < -0.39 is 12.3 Å². The van der Waals surface area contributed by atoms with Crippen LogP contribution in [0.25, 0.3) is 0 Å². The van der Waals surface area contributed by atoms with Crippen LogP contribution in [0.5, 0.6) is 0 Å². The Hall–Kier alpha value is -2.76. The standard InChI is InChI=1S/C61H115N3O8/c1-8-15-20-24-30-36-48-62-61(68)56(43-39-49-63(13-6)14-7)64(57(65)44-34-28-27-29-35-45-58(66)72-54-55(41-19-12-5)42-33-23-18-11-4)50-40-53-69-59(67)46-47-60(70-51-37-31-25-21-16-9-2)71-52-38-32-26-22-17-10-3/h16-17,21-22,55-56,60H,8-15,18-20,23-54H2,1-7H3,(H,62,68)/b21-16-,22-17-. The summed E-state index contributed by atoms with van der Waals surface area (Å²) < 4.78 is 23.8. The van der Waals surface area contributed by atoms with Gasteiger partial charge in [-0.25, -0.2) is 0 Å². The predicted molar refractivity (Wildman–Crippen MR) is 301 cm³/mol. The maximum Gasteiger partial charge on any atom is 0.305 e. The van der Waals surface area contributed by atoms with Gasteiger partial charge in [0, 0.05) is 45.6 Å². The van der Waals surface area contributed by atoms with Crippen molar-refractivity contribution in [2.75, 3.05) is 59.2 Å². The van der Waals surface area contributed by atoms with Crippen LogP contribution in [0, 0.1) is 5.92 Å². The van der Waals surface area contributed by atoms with Gasteiger partial charge in [-0.2, -0.15) is 0 Å². The van der Waals surface area contributed by atoms with Crippen LogP contribution >= 0.6 is 0 Å². The number of rotatable bonds is 54. The van der Waals surface area contributed by atoms with Crippen LogP contribution < -0.4 is 5.32 Å². The Bertz CT molecular complexity index is 1280. The molecule has 0 fully saturated rings. The number of ether oxygens (including phenoxy) is 4. The molecule has 0 aromatic heterocycles. The summed E-state index contributed by atoms with van der Waals surface area (Å²) in [6.07, 6.45) is 40.3. The zero-order valence-electron chi connectivity index (χ0n) is 48.1. The molecule has 0 radical (unpaired) electrons. The van der Waals surface area contributed by atoms with Crippen LogP contribution in [0.4, 0.5) is 0 Å². The monoisotopic (exact) mass is 1020 g/mol. The molecule has 0 heterocycles. The smallest absolute Gasteiger partial charge is 0.305 e. The maximum atomic E-state index is 14.2. The number of hydrogen-bond acceptors (Lipinski definition) is 9. The fraction of sp³-hybridized carbons (Fsp3) is 0.869. The molecule has 0 bridgehead atoms. The van der Waals surface area contributed by atoms with E-state index in [0.717, 1.165) is 135 Å². The van der Waals surface area contributed by atoms with Crippen molar-refractivity contribution in [3.05, 3.63) is 24.3 Å². The number of nitrogens with zero attached hydrogens (tertiary/aromatic N) is 2. The van der Waals surface area contributed by atoms with Crippen molar-refractivity contribution in [3.63, 3.8) is 0 Å². The first kappa shape index (κ1) is 69.2. The first-order valence-electron chi connectivity index (χ1n) is 30.3. The minimum Gasteiger partial charge on any atom is -0.466 e. The molecule has 0 rings (SSSR count). The van der Waals surface area contributed by atoms with Crippen molar-refractivity contribution in [1.29, 1.82) is 0 Å². The van der Waals surface area contributed by atoms with Crippen LogP contribution in [0.2, 0.25) is 0 Å². The zero-order valence-corrected chi connectivity index (χ0v) is 48.1. The van der Waals surface area contributed by atoms with Crippen LogP contribution in [-0.2, 0) is 38.1 Å². The van der Waals surface area contributed by atoms with Gasteiger partial charge < -0.3 is 34.1 Å². The van der Waals surface area contributed by atoms with E-state index in [1.807, 2.05) is 0 Å². The predicted octanol–water partition coefficient (Wildman–Crippen LogP) is 15.2. The van der Waals surface area contributed by atoms with Gasteiger partial charge in [0.1, 0.15) is 6.04 Å². The largest absolute Gasteiger partial charge is 0.466 e. The van der Waals surface area contributed by atoms with Gasteiger partial charge in [-0.3, -0.25) is 19.2 Å². The number of hydrogen-bond donors (Lipinski definition) is 1. The highest BCUT2D eigenvalue weighted by atomic mass is 16.7. The lowest BCUT2D eigenvalue weighted by Crippen LogP contribution is -2.50. The number of nitrogens with one attached hydrogen (secondary N) is 1. The number of carbonyl (C=O) groups is 4. The molecule has 0 aromatic rings.